The van der Waals surface area contributed by atoms with Crippen molar-refractivity contribution in [2.75, 3.05) is 10.5 Å². The molecule has 4 N–H and O–H groups in total. The minimum absolute atomic E-state index is 0.0367. The van der Waals surface area contributed by atoms with Crippen LogP contribution in [-0.2, 0) is 10.0 Å². The van der Waals surface area contributed by atoms with E-state index in [0.717, 1.165) is 6.42 Å². The molecule has 0 heterocycles. The Hall–Kier alpha value is -1.56. The Balaban J connectivity index is 2.72. The van der Waals surface area contributed by atoms with E-state index < -0.39 is 10.0 Å². The molecule has 17 heavy (non-hydrogen) atoms. The van der Waals surface area contributed by atoms with Gasteiger partial charge >= 0.3 is 0 Å². The zero-order valence-corrected chi connectivity index (χ0v) is 10.5. The van der Waals surface area contributed by atoms with Crippen LogP contribution in [-0.4, -0.2) is 20.0 Å². The van der Waals surface area contributed by atoms with Gasteiger partial charge in [-0.2, -0.15) is 0 Å². The van der Waals surface area contributed by atoms with Gasteiger partial charge in [-0.1, -0.05) is 13.3 Å². The fourth-order valence-electron chi connectivity index (χ4n) is 1.28. The van der Waals surface area contributed by atoms with Gasteiger partial charge in [-0.25, -0.2) is 8.42 Å². The van der Waals surface area contributed by atoms with Crippen LogP contribution in [0.3, 0.4) is 0 Å². The van der Waals surface area contributed by atoms with Crippen molar-refractivity contribution in [3.8, 4) is 0 Å². The Bertz CT molecular complexity index is 480. The smallest absolute Gasteiger partial charge is 0.232 e. The molecule has 0 aliphatic carbocycles. The number of hydrogen-bond donors (Lipinski definition) is 3. The standard InChI is InChI=1S/C11H17N3O2S/c1-2-3-8-17(15,16)14-10-6-4-9(5-7-10)11(12)13/h4-7,14H,2-3,8H2,1H3,(H3,12,13). The Morgan fingerprint density at radius 3 is 2.41 bits per heavy atom. The molecule has 6 heteroatoms. The molecule has 0 aromatic heterocycles. The molecule has 1 rings (SSSR count). The molecule has 0 spiro atoms. The van der Waals surface area contributed by atoms with Gasteiger partial charge in [0.15, 0.2) is 0 Å². The molecule has 1 aromatic rings. The third-order valence-corrected chi connectivity index (χ3v) is 3.61. The highest BCUT2D eigenvalue weighted by molar-refractivity contribution is 7.92. The van der Waals surface area contributed by atoms with Crippen LogP contribution < -0.4 is 10.5 Å². The fourth-order valence-corrected chi connectivity index (χ4v) is 2.55. The second-order valence-corrected chi connectivity index (χ2v) is 5.61. The van der Waals surface area contributed by atoms with Gasteiger partial charge < -0.3 is 5.73 Å². The summed E-state index contributed by atoms with van der Waals surface area (Å²) >= 11 is 0. The van der Waals surface area contributed by atoms with E-state index in [1.54, 1.807) is 24.3 Å². The van der Waals surface area contributed by atoms with Crippen molar-refractivity contribution in [1.29, 1.82) is 5.41 Å². The van der Waals surface area contributed by atoms with Crippen molar-refractivity contribution in [3.63, 3.8) is 0 Å². The van der Waals surface area contributed by atoms with E-state index in [1.165, 1.54) is 0 Å². The van der Waals surface area contributed by atoms with Gasteiger partial charge in [0.05, 0.1) is 5.75 Å². The van der Waals surface area contributed by atoms with E-state index in [-0.39, 0.29) is 11.6 Å². The van der Waals surface area contributed by atoms with Crippen LogP contribution in [0.1, 0.15) is 25.3 Å². The lowest BCUT2D eigenvalue weighted by Crippen LogP contribution is -2.17. The maximum Gasteiger partial charge on any atom is 0.232 e. The molecule has 0 bridgehead atoms. The first-order chi connectivity index (χ1) is 7.94. The quantitative estimate of drug-likeness (QED) is 0.531. The minimum atomic E-state index is -3.26. The highest BCUT2D eigenvalue weighted by atomic mass is 32.2. The highest BCUT2D eigenvalue weighted by Gasteiger charge is 2.09. The minimum Gasteiger partial charge on any atom is -0.384 e. The number of nitrogens with two attached hydrogens (primary N) is 1. The number of nitrogen functional groups attached to an aromatic ring is 1. The molecule has 0 amide bonds. The van der Waals surface area contributed by atoms with Crippen LogP contribution >= 0.6 is 0 Å². The Morgan fingerprint density at radius 2 is 1.94 bits per heavy atom. The van der Waals surface area contributed by atoms with Crippen molar-refractivity contribution in [2.45, 2.75) is 19.8 Å². The number of hydrogen-bond acceptors (Lipinski definition) is 3. The molecule has 94 valence electrons. The van der Waals surface area contributed by atoms with Gasteiger partial charge in [-0.05, 0) is 30.7 Å². The van der Waals surface area contributed by atoms with Crippen LogP contribution in [0.15, 0.2) is 24.3 Å². The third kappa shape index (κ3) is 4.44. The third-order valence-electron chi connectivity index (χ3n) is 2.24. The maximum atomic E-state index is 11.6. The second kappa shape index (κ2) is 5.67. The van der Waals surface area contributed by atoms with Crippen molar-refractivity contribution < 1.29 is 8.42 Å². The summed E-state index contributed by atoms with van der Waals surface area (Å²) in [6.45, 7) is 1.94. The maximum absolute atomic E-state index is 11.6. The lowest BCUT2D eigenvalue weighted by molar-refractivity contribution is 0.598. The number of nitrogens with one attached hydrogen (secondary N) is 2. The first-order valence-corrected chi connectivity index (χ1v) is 7.05. The zero-order valence-electron chi connectivity index (χ0n) is 9.73. The summed E-state index contributed by atoms with van der Waals surface area (Å²) < 4.78 is 25.7. The van der Waals surface area contributed by atoms with E-state index in [2.05, 4.69) is 4.72 Å². The van der Waals surface area contributed by atoms with Crippen LogP contribution in [0.4, 0.5) is 5.69 Å². The Kier molecular flexibility index (Phi) is 4.51. The van der Waals surface area contributed by atoms with E-state index in [0.29, 0.717) is 17.7 Å². The Labute approximate surface area is 102 Å². The van der Waals surface area contributed by atoms with Crippen LogP contribution in [0, 0.1) is 5.41 Å². The predicted molar refractivity (Wildman–Crippen MR) is 69.8 cm³/mol. The topological polar surface area (TPSA) is 96.0 Å². The molecule has 1 aromatic carbocycles. The molecule has 0 saturated heterocycles. The number of rotatable bonds is 6. The van der Waals surface area contributed by atoms with Crippen molar-refractivity contribution in [3.05, 3.63) is 29.8 Å². The normalized spacial score (nSPS) is 11.1. The number of anilines is 1. The molecule has 0 aliphatic rings. The van der Waals surface area contributed by atoms with Crippen molar-refractivity contribution in [2.24, 2.45) is 5.73 Å². The first kappa shape index (κ1) is 13.5. The van der Waals surface area contributed by atoms with Crippen LogP contribution in [0.25, 0.3) is 0 Å². The molecule has 0 radical (unpaired) electrons. The summed E-state index contributed by atoms with van der Waals surface area (Å²) in [6, 6.07) is 6.42. The van der Waals surface area contributed by atoms with E-state index in [1.807, 2.05) is 6.92 Å². The summed E-state index contributed by atoms with van der Waals surface area (Å²) in [6.07, 6.45) is 1.48. The average molecular weight is 255 g/mol. The van der Waals surface area contributed by atoms with Crippen molar-refractivity contribution >= 4 is 21.5 Å². The van der Waals surface area contributed by atoms with E-state index >= 15 is 0 Å². The summed E-state index contributed by atoms with van der Waals surface area (Å²) in [4.78, 5) is 0. The molecule has 0 atom stereocenters. The summed E-state index contributed by atoms with van der Waals surface area (Å²) in [7, 11) is -3.26. The molecule has 0 unspecified atom stereocenters. The average Bonchev–Trinajstić information content (AvgIpc) is 2.26. The monoisotopic (exact) mass is 255 g/mol. The van der Waals surface area contributed by atoms with Crippen LogP contribution in [0.2, 0.25) is 0 Å². The second-order valence-electron chi connectivity index (χ2n) is 3.77. The van der Waals surface area contributed by atoms with Crippen molar-refractivity contribution in [1.82, 2.24) is 0 Å². The van der Waals surface area contributed by atoms with Crippen LogP contribution in [0.5, 0.6) is 0 Å². The molecular formula is C11H17N3O2S. The molecular weight excluding hydrogens is 238 g/mol. The molecule has 0 aliphatic heterocycles. The fraction of sp³-hybridized carbons (Fsp3) is 0.364. The number of sulfonamides is 1. The molecule has 5 nitrogen and oxygen atoms in total. The SMILES string of the molecule is CCCCS(=O)(=O)Nc1ccc(C(=N)N)cc1. The van der Waals surface area contributed by atoms with Gasteiger partial charge in [0.25, 0.3) is 0 Å². The first-order valence-electron chi connectivity index (χ1n) is 5.39. The number of unbranched alkanes of at least 4 members (excludes halogenated alkanes) is 1. The summed E-state index contributed by atoms with van der Waals surface area (Å²) in [5.74, 6) is 0.0863. The van der Waals surface area contributed by atoms with Gasteiger partial charge in [-0.3, -0.25) is 10.1 Å². The zero-order chi connectivity index (χ0) is 12.9. The lowest BCUT2D eigenvalue weighted by atomic mass is 10.2. The predicted octanol–water partition coefficient (Wildman–Crippen LogP) is 1.51. The highest BCUT2D eigenvalue weighted by Crippen LogP contribution is 2.11. The lowest BCUT2D eigenvalue weighted by Gasteiger charge is -2.07. The van der Waals surface area contributed by atoms with Gasteiger partial charge in [0.1, 0.15) is 5.84 Å². The summed E-state index contributed by atoms with van der Waals surface area (Å²) in [5.41, 5.74) is 6.36. The number of benzene rings is 1. The van der Waals surface area contributed by atoms with E-state index in [4.69, 9.17) is 11.1 Å². The number of amidine groups is 1. The van der Waals surface area contributed by atoms with Gasteiger partial charge in [-0.15, -0.1) is 0 Å². The van der Waals surface area contributed by atoms with Gasteiger partial charge in [0.2, 0.25) is 10.0 Å². The summed E-state index contributed by atoms with van der Waals surface area (Å²) in [5, 5.41) is 7.22. The molecule has 0 saturated carbocycles. The van der Waals surface area contributed by atoms with E-state index in [9.17, 15) is 8.42 Å². The molecule has 0 fully saturated rings. The van der Waals surface area contributed by atoms with Gasteiger partial charge in [0, 0.05) is 11.3 Å². The Morgan fingerprint density at radius 1 is 1.35 bits per heavy atom. The largest absolute Gasteiger partial charge is 0.384 e.